The van der Waals surface area contributed by atoms with Crippen LogP contribution < -0.4 is 5.32 Å². The van der Waals surface area contributed by atoms with Crippen LogP contribution in [0.15, 0.2) is 77.7 Å². The maximum Gasteiger partial charge on any atom is 0.435 e. The fourth-order valence-electron chi connectivity index (χ4n) is 3.20. The summed E-state index contributed by atoms with van der Waals surface area (Å²) in [6.07, 6.45) is -4.84. The topological polar surface area (TPSA) is 81.1 Å². The molecular weight excluding hydrogens is 462 g/mol. The Labute approximate surface area is 185 Å². The van der Waals surface area contributed by atoms with Crippen LogP contribution >= 0.6 is 0 Å². The minimum absolute atomic E-state index is 0.124. The van der Waals surface area contributed by atoms with Gasteiger partial charge in [0.25, 0.3) is 15.9 Å². The fraction of sp³-hybridized carbons (Fsp3) is 0.0909. The van der Waals surface area contributed by atoms with Gasteiger partial charge >= 0.3 is 6.18 Å². The van der Waals surface area contributed by atoms with E-state index in [0.29, 0.717) is 9.65 Å². The van der Waals surface area contributed by atoms with Gasteiger partial charge in [0.05, 0.1) is 10.4 Å². The lowest BCUT2D eigenvalue weighted by molar-refractivity contribution is -0.140. The van der Waals surface area contributed by atoms with E-state index in [1.54, 1.807) is 0 Å². The summed E-state index contributed by atoms with van der Waals surface area (Å²) in [4.78, 5) is 12.0. The average Bonchev–Trinajstić information content (AvgIpc) is 3.20. The van der Waals surface area contributed by atoms with E-state index in [9.17, 15) is 30.8 Å². The third-order valence-corrected chi connectivity index (χ3v) is 6.43. The number of nitrogens with one attached hydrogen (secondary N) is 1. The van der Waals surface area contributed by atoms with Crippen LogP contribution in [-0.4, -0.2) is 23.5 Å². The second kappa shape index (κ2) is 8.32. The third kappa shape index (κ3) is 4.44. The van der Waals surface area contributed by atoms with Crippen molar-refractivity contribution in [3.05, 3.63) is 95.4 Å². The van der Waals surface area contributed by atoms with Gasteiger partial charge in [0.15, 0.2) is 5.69 Å². The maximum atomic E-state index is 13.3. The molecule has 0 radical (unpaired) electrons. The Morgan fingerprint density at radius 2 is 1.58 bits per heavy atom. The van der Waals surface area contributed by atoms with Gasteiger partial charge in [0.2, 0.25) is 0 Å². The highest BCUT2D eigenvalue weighted by molar-refractivity contribution is 7.90. The number of carbonyl (C=O) groups is 1. The quantitative estimate of drug-likeness (QED) is 0.433. The standard InChI is InChI=1S/C22H15F4N3O3S/c23-16-9-5-14(6-10-16)13-27-21(30)15-7-11-17(12-8-15)33(31,32)29-19-4-2-1-3-18(19)20(28-29)22(24,25)26/h1-12H,13H2,(H,27,30). The maximum absolute atomic E-state index is 13.3. The van der Waals surface area contributed by atoms with Gasteiger partial charge in [-0.2, -0.15) is 30.8 Å². The number of carbonyl (C=O) groups excluding carboxylic acids is 1. The van der Waals surface area contributed by atoms with Gasteiger partial charge in [-0.3, -0.25) is 4.79 Å². The van der Waals surface area contributed by atoms with E-state index >= 15 is 0 Å². The zero-order valence-electron chi connectivity index (χ0n) is 16.7. The molecule has 0 spiro atoms. The molecule has 0 unspecified atom stereocenters. The van der Waals surface area contributed by atoms with E-state index in [1.807, 2.05) is 0 Å². The molecule has 33 heavy (non-hydrogen) atoms. The Hall–Kier alpha value is -3.73. The molecule has 11 heteroatoms. The summed E-state index contributed by atoms with van der Waals surface area (Å²) in [6, 6.07) is 15.4. The van der Waals surface area contributed by atoms with Crippen molar-refractivity contribution in [1.82, 2.24) is 14.5 Å². The number of para-hydroxylation sites is 1. The van der Waals surface area contributed by atoms with Crippen molar-refractivity contribution in [3.63, 3.8) is 0 Å². The Bertz CT molecular complexity index is 1430. The Morgan fingerprint density at radius 1 is 0.939 bits per heavy atom. The average molecular weight is 477 g/mol. The zero-order chi connectivity index (χ0) is 23.8. The zero-order valence-corrected chi connectivity index (χ0v) is 17.5. The first kappa shape index (κ1) is 22.5. The highest BCUT2D eigenvalue weighted by Gasteiger charge is 2.38. The predicted octanol–water partition coefficient (Wildman–Crippen LogP) is 4.36. The van der Waals surface area contributed by atoms with Crippen molar-refractivity contribution in [3.8, 4) is 0 Å². The van der Waals surface area contributed by atoms with Crippen molar-refractivity contribution in [2.75, 3.05) is 0 Å². The van der Waals surface area contributed by atoms with E-state index in [2.05, 4.69) is 10.4 Å². The summed E-state index contributed by atoms with van der Waals surface area (Å²) in [5.74, 6) is -0.915. The predicted molar refractivity (Wildman–Crippen MR) is 111 cm³/mol. The van der Waals surface area contributed by atoms with Crippen LogP contribution in [0.25, 0.3) is 10.9 Å². The van der Waals surface area contributed by atoms with Gasteiger partial charge < -0.3 is 5.32 Å². The summed E-state index contributed by atoms with van der Waals surface area (Å²) in [5, 5.41) is 5.61. The SMILES string of the molecule is O=C(NCc1ccc(F)cc1)c1ccc(S(=O)(=O)n2nc(C(F)(F)F)c3ccccc32)cc1. The first-order chi connectivity index (χ1) is 15.6. The van der Waals surface area contributed by atoms with Crippen molar-refractivity contribution in [1.29, 1.82) is 0 Å². The molecule has 0 atom stereocenters. The fourth-order valence-corrected chi connectivity index (χ4v) is 4.48. The number of rotatable bonds is 5. The summed E-state index contributed by atoms with van der Waals surface area (Å²) in [6.45, 7) is 0.124. The van der Waals surface area contributed by atoms with Crippen molar-refractivity contribution < 1.29 is 30.8 Å². The van der Waals surface area contributed by atoms with Gasteiger partial charge in [-0.25, -0.2) is 4.39 Å². The lowest BCUT2D eigenvalue weighted by Crippen LogP contribution is -2.23. The molecule has 0 fully saturated rings. The molecule has 0 aliphatic heterocycles. The van der Waals surface area contributed by atoms with E-state index in [1.165, 1.54) is 54.6 Å². The van der Waals surface area contributed by atoms with E-state index in [-0.39, 0.29) is 27.9 Å². The first-order valence-corrected chi connectivity index (χ1v) is 10.9. The molecule has 1 heterocycles. The lowest BCUT2D eigenvalue weighted by Gasteiger charge is -2.08. The van der Waals surface area contributed by atoms with Crippen LogP contribution in [0.3, 0.4) is 0 Å². The normalized spacial score (nSPS) is 12.1. The summed E-state index contributed by atoms with van der Waals surface area (Å²) >= 11 is 0. The van der Waals surface area contributed by atoms with E-state index in [4.69, 9.17) is 0 Å². The van der Waals surface area contributed by atoms with Gasteiger partial charge in [0, 0.05) is 17.5 Å². The number of halogens is 4. The largest absolute Gasteiger partial charge is 0.435 e. The van der Waals surface area contributed by atoms with Crippen LogP contribution in [0.5, 0.6) is 0 Å². The van der Waals surface area contributed by atoms with E-state index < -0.39 is 33.6 Å². The molecule has 1 aromatic heterocycles. The molecule has 170 valence electrons. The molecule has 0 aliphatic rings. The Morgan fingerprint density at radius 3 is 2.21 bits per heavy atom. The molecule has 3 aromatic carbocycles. The molecule has 4 rings (SSSR count). The van der Waals surface area contributed by atoms with Gasteiger partial charge in [0.1, 0.15) is 5.82 Å². The smallest absolute Gasteiger partial charge is 0.348 e. The minimum Gasteiger partial charge on any atom is -0.348 e. The number of hydrogen-bond donors (Lipinski definition) is 1. The molecule has 1 amide bonds. The summed E-state index contributed by atoms with van der Waals surface area (Å²) < 4.78 is 79.4. The summed E-state index contributed by atoms with van der Waals surface area (Å²) in [5.41, 5.74) is -0.725. The number of hydrogen-bond acceptors (Lipinski definition) is 4. The number of amides is 1. The number of nitrogens with zero attached hydrogens (tertiary/aromatic N) is 2. The van der Waals surface area contributed by atoms with Gasteiger partial charge in [-0.1, -0.05) is 30.3 Å². The van der Waals surface area contributed by atoms with Crippen LogP contribution in [0.4, 0.5) is 17.6 Å². The monoisotopic (exact) mass is 477 g/mol. The highest BCUT2D eigenvalue weighted by atomic mass is 32.2. The van der Waals surface area contributed by atoms with Crippen LogP contribution in [0, 0.1) is 5.82 Å². The molecule has 0 aliphatic carbocycles. The second-order valence-corrected chi connectivity index (χ2v) is 8.81. The number of fused-ring (bicyclic) bond motifs is 1. The first-order valence-electron chi connectivity index (χ1n) is 9.50. The minimum atomic E-state index is -4.84. The number of alkyl halides is 3. The third-order valence-electron chi connectivity index (χ3n) is 4.83. The van der Waals surface area contributed by atoms with Gasteiger partial charge in [-0.05, 0) is 48.0 Å². The van der Waals surface area contributed by atoms with Crippen molar-refractivity contribution in [2.45, 2.75) is 17.6 Å². The Kier molecular flexibility index (Phi) is 5.66. The molecule has 0 bridgehead atoms. The molecule has 6 nitrogen and oxygen atoms in total. The van der Waals surface area contributed by atoms with Gasteiger partial charge in [-0.15, -0.1) is 0 Å². The second-order valence-electron chi connectivity index (χ2n) is 7.05. The van der Waals surface area contributed by atoms with Crippen molar-refractivity contribution >= 4 is 26.8 Å². The van der Waals surface area contributed by atoms with Crippen molar-refractivity contribution in [2.24, 2.45) is 0 Å². The highest BCUT2D eigenvalue weighted by Crippen LogP contribution is 2.35. The molecule has 4 aromatic rings. The number of aromatic nitrogens is 2. The van der Waals surface area contributed by atoms with Crippen LogP contribution in [0.2, 0.25) is 0 Å². The summed E-state index contributed by atoms with van der Waals surface area (Å²) in [7, 11) is -4.47. The molecule has 0 saturated carbocycles. The Balaban J connectivity index is 1.60. The lowest BCUT2D eigenvalue weighted by atomic mass is 10.2. The van der Waals surface area contributed by atoms with Crippen LogP contribution in [0.1, 0.15) is 21.6 Å². The van der Waals surface area contributed by atoms with E-state index in [0.717, 1.165) is 18.2 Å². The molecule has 1 N–H and O–H groups in total. The molecule has 0 saturated heterocycles. The van der Waals surface area contributed by atoms with Crippen LogP contribution in [-0.2, 0) is 22.7 Å². The molecular formula is C22H15F4N3O3S. The number of benzene rings is 3.